The van der Waals surface area contributed by atoms with Gasteiger partial charge in [-0.1, -0.05) is 72.1 Å². The SMILES string of the molecule is CCCCCCCCC(CC(C)OCC1CO1)C(C)(OCCCC)OCCCC. The minimum absolute atomic E-state index is 0.202. The summed E-state index contributed by atoms with van der Waals surface area (Å²) >= 11 is 0. The molecule has 0 spiro atoms. The highest BCUT2D eigenvalue weighted by molar-refractivity contribution is 4.79. The van der Waals surface area contributed by atoms with Gasteiger partial charge in [0, 0.05) is 5.92 Å². The molecular weight excluding hydrogens is 364 g/mol. The van der Waals surface area contributed by atoms with Gasteiger partial charge in [-0.3, -0.25) is 0 Å². The van der Waals surface area contributed by atoms with Crippen LogP contribution in [0.5, 0.6) is 0 Å². The van der Waals surface area contributed by atoms with Gasteiger partial charge < -0.3 is 18.9 Å². The summed E-state index contributed by atoms with van der Waals surface area (Å²) in [7, 11) is 0. The fraction of sp³-hybridized carbons (Fsp3) is 1.00. The molecule has 0 aromatic carbocycles. The van der Waals surface area contributed by atoms with Gasteiger partial charge in [-0.2, -0.15) is 0 Å². The van der Waals surface area contributed by atoms with Crippen molar-refractivity contribution in [2.45, 2.75) is 130 Å². The molecule has 1 aliphatic heterocycles. The summed E-state index contributed by atoms with van der Waals surface area (Å²) in [6.07, 6.45) is 15.0. The van der Waals surface area contributed by atoms with Gasteiger partial charge in [0.05, 0.1) is 32.5 Å². The molecule has 1 saturated heterocycles. The Morgan fingerprint density at radius 1 is 0.862 bits per heavy atom. The molecule has 1 rings (SSSR count). The summed E-state index contributed by atoms with van der Waals surface area (Å²) in [5.74, 6) is -0.154. The van der Waals surface area contributed by atoms with Crippen LogP contribution in [0.4, 0.5) is 0 Å². The van der Waals surface area contributed by atoms with Crippen LogP contribution in [-0.2, 0) is 18.9 Å². The van der Waals surface area contributed by atoms with Crippen molar-refractivity contribution in [1.29, 1.82) is 0 Å². The van der Waals surface area contributed by atoms with Crippen LogP contribution in [0.3, 0.4) is 0 Å². The molecule has 0 radical (unpaired) electrons. The van der Waals surface area contributed by atoms with E-state index in [9.17, 15) is 0 Å². The van der Waals surface area contributed by atoms with Gasteiger partial charge in [0.1, 0.15) is 6.10 Å². The van der Waals surface area contributed by atoms with Crippen LogP contribution in [0.2, 0.25) is 0 Å². The second kappa shape index (κ2) is 16.5. The minimum Gasteiger partial charge on any atom is -0.376 e. The highest BCUT2D eigenvalue weighted by Crippen LogP contribution is 2.34. The molecule has 4 nitrogen and oxygen atoms in total. The highest BCUT2D eigenvalue weighted by Gasteiger charge is 2.37. The first-order chi connectivity index (χ1) is 14.1. The fourth-order valence-electron chi connectivity index (χ4n) is 3.79. The Morgan fingerprint density at radius 2 is 1.41 bits per heavy atom. The van der Waals surface area contributed by atoms with Crippen LogP contribution < -0.4 is 0 Å². The normalized spacial score (nSPS) is 18.7. The number of epoxide rings is 1. The quantitative estimate of drug-likeness (QED) is 0.116. The summed E-state index contributed by atoms with van der Waals surface area (Å²) < 4.78 is 24.2. The lowest BCUT2D eigenvalue weighted by Crippen LogP contribution is -2.43. The van der Waals surface area contributed by atoms with E-state index in [2.05, 4.69) is 34.6 Å². The molecule has 4 heteroatoms. The minimum atomic E-state index is -0.512. The van der Waals surface area contributed by atoms with E-state index in [4.69, 9.17) is 18.9 Å². The topological polar surface area (TPSA) is 40.2 Å². The molecule has 0 N–H and O–H groups in total. The maximum absolute atomic E-state index is 6.41. The van der Waals surface area contributed by atoms with Crippen molar-refractivity contribution in [3.63, 3.8) is 0 Å². The summed E-state index contributed by atoms with van der Waals surface area (Å²) in [5.41, 5.74) is 0. The Labute approximate surface area is 181 Å². The fourth-order valence-corrected chi connectivity index (χ4v) is 3.79. The van der Waals surface area contributed by atoms with Crippen molar-refractivity contribution in [3.05, 3.63) is 0 Å². The molecule has 29 heavy (non-hydrogen) atoms. The average molecular weight is 415 g/mol. The number of hydrogen-bond donors (Lipinski definition) is 0. The lowest BCUT2D eigenvalue weighted by Gasteiger charge is -2.39. The standard InChI is InChI=1S/C25H50O4/c1-6-9-12-13-14-15-16-23(19-22(4)26-20-24-21-27-24)25(5,28-17-10-7-2)29-18-11-8-3/h22-24H,6-21H2,1-5H3. The first kappa shape index (κ1) is 26.9. The third kappa shape index (κ3) is 13.0. The molecule has 1 heterocycles. The second-order valence-electron chi connectivity index (χ2n) is 9.01. The average Bonchev–Trinajstić information content (AvgIpc) is 3.53. The van der Waals surface area contributed by atoms with Gasteiger partial charge in [-0.05, 0) is 39.5 Å². The van der Waals surface area contributed by atoms with Crippen molar-refractivity contribution in [3.8, 4) is 0 Å². The van der Waals surface area contributed by atoms with Gasteiger partial charge in [-0.25, -0.2) is 0 Å². The highest BCUT2D eigenvalue weighted by atomic mass is 16.7. The van der Waals surface area contributed by atoms with Crippen LogP contribution in [0, 0.1) is 5.92 Å². The predicted molar refractivity (Wildman–Crippen MR) is 121 cm³/mol. The van der Waals surface area contributed by atoms with Crippen molar-refractivity contribution >= 4 is 0 Å². The zero-order chi connectivity index (χ0) is 21.4. The van der Waals surface area contributed by atoms with Crippen LogP contribution in [0.25, 0.3) is 0 Å². The zero-order valence-corrected chi connectivity index (χ0v) is 20.2. The smallest absolute Gasteiger partial charge is 0.168 e. The van der Waals surface area contributed by atoms with Crippen LogP contribution in [-0.4, -0.2) is 44.4 Å². The first-order valence-corrected chi connectivity index (χ1v) is 12.6. The van der Waals surface area contributed by atoms with Gasteiger partial charge in [0.15, 0.2) is 5.79 Å². The molecule has 0 aromatic rings. The van der Waals surface area contributed by atoms with Gasteiger partial charge >= 0.3 is 0 Å². The molecule has 174 valence electrons. The van der Waals surface area contributed by atoms with E-state index in [0.29, 0.717) is 12.0 Å². The van der Waals surface area contributed by atoms with Gasteiger partial charge in [0.2, 0.25) is 0 Å². The number of ether oxygens (including phenoxy) is 4. The summed E-state index contributed by atoms with van der Waals surface area (Å²) in [4.78, 5) is 0. The Morgan fingerprint density at radius 3 is 1.97 bits per heavy atom. The summed E-state index contributed by atoms with van der Waals surface area (Å²) in [6.45, 7) is 14.2. The van der Waals surface area contributed by atoms with Crippen molar-refractivity contribution in [2.75, 3.05) is 26.4 Å². The monoisotopic (exact) mass is 414 g/mol. The lowest BCUT2D eigenvalue weighted by atomic mass is 9.87. The largest absolute Gasteiger partial charge is 0.376 e. The number of rotatable bonds is 21. The van der Waals surface area contributed by atoms with E-state index in [1.807, 2.05) is 0 Å². The predicted octanol–water partition coefficient (Wildman–Crippen LogP) is 6.90. The molecular formula is C25H50O4. The lowest BCUT2D eigenvalue weighted by molar-refractivity contribution is -0.262. The molecule has 0 aliphatic carbocycles. The second-order valence-corrected chi connectivity index (χ2v) is 9.01. The summed E-state index contributed by atoms with van der Waals surface area (Å²) in [6, 6.07) is 0. The van der Waals surface area contributed by atoms with E-state index < -0.39 is 5.79 Å². The molecule has 1 aliphatic rings. The third-order valence-electron chi connectivity index (χ3n) is 6.01. The van der Waals surface area contributed by atoms with Gasteiger partial charge in [0.25, 0.3) is 0 Å². The van der Waals surface area contributed by atoms with E-state index in [1.165, 1.54) is 38.5 Å². The molecule has 0 saturated carbocycles. The number of hydrogen-bond acceptors (Lipinski definition) is 4. The number of unbranched alkanes of at least 4 members (excludes halogenated alkanes) is 7. The first-order valence-electron chi connectivity index (χ1n) is 12.6. The van der Waals surface area contributed by atoms with Crippen LogP contribution in [0.1, 0.15) is 112 Å². The van der Waals surface area contributed by atoms with Gasteiger partial charge in [-0.15, -0.1) is 0 Å². The van der Waals surface area contributed by atoms with Crippen molar-refractivity contribution in [1.82, 2.24) is 0 Å². The van der Waals surface area contributed by atoms with E-state index in [0.717, 1.165) is 65.0 Å². The molecule has 3 atom stereocenters. The van der Waals surface area contributed by atoms with Crippen molar-refractivity contribution < 1.29 is 18.9 Å². The molecule has 1 fully saturated rings. The van der Waals surface area contributed by atoms with Crippen LogP contribution in [0.15, 0.2) is 0 Å². The molecule has 0 bridgehead atoms. The maximum Gasteiger partial charge on any atom is 0.168 e. The Hall–Kier alpha value is -0.160. The van der Waals surface area contributed by atoms with E-state index >= 15 is 0 Å². The third-order valence-corrected chi connectivity index (χ3v) is 6.01. The molecule has 3 unspecified atom stereocenters. The van der Waals surface area contributed by atoms with E-state index in [1.54, 1.807) is 0 Å². The Kier molecular flexibility index (Phi) is 15.3. The Balaban J connectivity index is 2.64. The molecule has 0 amide bonds. The Bertz CT molecular complexity index is 360. The van der Waals surface area contributed by atoms with Crippen LogP contribution >= 0.6 is 0 Å². The zero-order valence-electron chi connectivity index (χ0n) is 20.2. The van der Waals surface area contributed by atoms with E-state index in [-0.39, 0.29) is 6.10 Å². The maximum atomic E-state index is 6.41. The summed E-state index contributed by atoms with van der Waals surface area (Å²) in [5, 5.41) is 0. The van der Waals surface area contributed by atoms with Crippen molar-refractivity contribution in [2.24, 2.45) is 5.92 Å². The molecule has 0 aromatic heterocycles.